The number of benzene rings is 1. The predicted octanol–water partition coefficient (Wildman–Crippen LogP) is 5.07. The second-order valence-corrected chi connectivity index (χ2v) is 5.58. The first-order chi connectivity index (χ1) is 8.47. The van der Waals surface area contributed by atoms with Crippen LogP contribution in [0.25, 0.3) is 0 Å². The number of anilines is 1. The van der Waals surface area contributed by atoms with Crippen LogP contribution in [0.2, 0.25) is 0 Å². The maximum Gasteiger partial charge on any atom is 0.416 e. The summed E-state index contributed by atoms with van der Waals surface area (Å²) < 4.78 is 37.9. The molecule has 0 saturated heterocycles. The van der Waals surface area contributed by atoms with E-state index in [0.717, 1.165) is 24.4 Å². The van der Waals surface area contributed by atoms with Crippen molar-refractivity contribution in [3.63, 3.8) is 0 Å². The van der Waals surface area contributed by atoms with Gasteiger partial charge in [0.15, 0.2) is 0 Å². The van der Waals surface area contributed by atoms with E-state index in [-0.39, 0.29) is 0 Å². The van der Waals surface area contributed by atoms with Gasteiger partial charge in [0.1, 0.15) is 0 Å². The van der Waals surface area contributed by atoms with Gasteiger partial charge in [0.25, 0.3) is 0 Å². The molecule has 1 saturated carbocycles. The first kappa shape index (κ1) is 13.7. The molecular weight excluding hydrogens is 307 g/mol. The van der Waals surface area contributed by atoms with Gasteiger partial charge in [0.2, 0.25) is 0 Å². The Balaban J connectivity index is 2.01. The summed E-state index contributed by atoms with van der Waals surface area (Å²) in [5.41, 5.74) is 0.107. The lowest BCUT2D eigenvalue weighted by Crippen LogP contribution is -2.12. The minimum atomic E-state index is -4.29. The second kappa shape index (κ2) is 5.51. The summed E-state index contributed by atoms with van der Waals surface area (Å²) >= 11 is 3.19. The van der Waals surface area contributed by atoms with E-state index in [9.17, 15) is 13.2 Å². The van der Waals surface area contributed by atoms with Gasteiger partial charge in [-0.25, -0.2) is 0 Å². The fourth-order valence-corrected chi connectivity index (χ4v) is 2.82. The van der Waals surface area contributed by atoms with Gasteiger partial charge in [0, 0.05) is 16.7 Å². The van der Waals surface area contributed by atoms with Gasteiger partial charge in [0.05, 0.1) is 5.56 Å². The van der Waals surface area contributed by atoms with Crippen molar-refractivity contribution in [2.24, 2.45) is 5.92 Å². The van der Waals surface area contributed by atoms with E-state index in [4.69, 9.17) is 0 Å². The van der Waals surface area contributed by atoms with Crippen molar-refractivity contribution in [1.82, 2.24) is 0 Å². The molecular formula is C13H15BrF3N. The SMILES string of the molecule is FC(F)(F)c1ccc(NCC2CCCC2)c(Br)c1. The van der Waals surface area contributed by atoms with Crippen molar-refractivity contribution >= 4 is 21.6 Å². The summed E-state index contributed by atoms with van der Waals surface area (Å²) in [5.74, 6) is 0.652. The Kier molecular flexibility index (Phi) is 4.20. The first-order valence-electron chi connectivity index (χ1n) is 6.07. The summed E-state index contributed by atoms with van der Waals surface area (Å²) in [5, 5.41) is 3.22. The van der Waals surface area contributed by atoms with E-state index >= 15 is 0 Å². The molecule has 0 heterocycles. The smallest absolute Gasteiger partial charge is 0.384 e. The molecule has 5 heteroatoms. The van der Waals surface area contributed by atoms with Crippen molar-refractivity contribution in [3.8, 4) is 0 Å². The summed E-state index contributed by atoms with van der Waals surface area (Å²) in [6, 6.07) is 3.72. The molecule has 1 N–H and O–H groups in total. The van der Waals surface area contributed by atoms with Gasteiger partial charge >= 0.3 is 6.18 Å². The van der Waals surface area contributed by atoms with Gasteiger partial charge in [-0.1, -0.05) is 12.8 Å². The van der Waals surface area contributed by atoms with Gasteiger partial charge in [-0.3, -0.25) is 0 Å². The number of rotatable bonds is 3. The summed E-state index contributed by atoms with van der Waals surface area (Å²) in [4.78, 5) is 0. The maximum absolute atomic E-state index is 12.5. The highest BCUT2D eigenvalue weighted by Gasteiger charge is 2.30. The van der Waals surface area contributed by atoms with Crippen LogP contribution in [0.5, 0.6) is 0 Å². The Hall–Kier alpha value is -0.710. The normalized spacial score (nSPS) is 17.1. The quantitative estimate of drug-likeness (QED) is 0.819. The van der Waals surface area contributed by atoms with Gasteiger partial charge in [-0.05, 0) is 52.9 Å². The van der Waals surface area contributed by atoms with E-state index in [2.05, 4.69) is 21.2 Å². The lowest BCUT2D eigenvalue weighted by molar-refractivity contribution is -0.137. The van der Waals surface area contributed by atoms with Crippen LogP contribution in [-0.4, -0.2) is 6.54 Å². The molecule has 2 rings (SSSR count). The number of halogens is 4. The molecule has 1 aromatic carbocycles. The van der Waals surface area contributed by atoms with E-state index < -0.39 is 11.7 Å². The average molecular weight is 322 g/mol. The zero-order valence-electron chi connectivity index (χ0n) is 9.86. The topological polar surface area (TPSA) is 12.0 Å². The minimum absolute atomic E-state index is 0.468. The fraction of sp³-hybridized carbons (Fsp3) is 0.538. The molecule has 0 spiro atoms. The molecule has 100 valence electrons. The Morgan fingerprint density at radius 2 is 1.89 bits per heavy atom. The molecule has 0 bridgehead atoms. The molecule has 1 nitrogen and oxygen atoms in total. The first-order valence-corrected chi connectivity index (χ1v) is 6.87. The van der Waals surface area contributed by atoms with E-state index in [1.165, 1.54) is 31.7 Å². The molecule has 0 aromatic heterocycles. The highest BCUT2D eigenvalue weighted by Crippen LogP contribution is 2.34. The van der Waals surface area contributed by atoms with E-state index in [0.29, 0.717) is 10.4 Å². The monoisotopic (exact) mass is 321 g/mol. The molecule has 1 fully saturated rings. The largest absolute Gasteiger partial charge is 0.416 e. The van der Waals surface area contributed by atoms with E-state index in [1.54, 1.807) is 0 Å². The third kappa shape index (κ3) is 3.40. The van der Waals surface area contributed by atoms with Crippen molar-refractivity contribution in [2.45, 2.75) is 31.9 Å². The molecule has 0 amide bonds. The standard InChI is InChI=1S/C13H15BrF3N/c14-11-7-10(13(15,16)17)5-6-12(11)18-8-9-3-1-2-4-9/h5-7,9,18H,1-4,8H2. The molecule has 1 aliphatic carbocycles. The van der Waals surface area contributed by atoms with Gasteiger partial charge < -0.3 is 5.32 Å². The van der Waals surface area contributed by atoms with Crippen LogP contribution in [0.4, 0.5) is 18.9 Å². The summed E-state index contributed by atoms with van der Waals surface area (Å²) in [7, 11) is 0. The highest BCUT2D eigenvalue weighted by atomic mass is 79.9. The minimum Gasteiger partial charge on any atom is -0.384 e. The van der Waals surface area contributed by atoms with Crippen molar-refractivity contribution in [2.75, 3.05) is 11.9 Å². The average Bonchev–Trinajstić information content (AvgIpc) is 2.79. The molecule has 18 heavy (non-hydrogen) atoms. The Bertz CT molecular complexity index is 411. The zero-order valence-corrected chi connectivity index (χ0v) is 11.4. The molecule has 1 aliphatic rings. The Morgan fingerprint density at radius 1 is 1.22 bits per heavy atom. The summed E-state index contributed by atoms with van der Waals surface area (Å²) in [6.07, 6.45) is 0.671. The fourth-order valence-electron chi connectivity index (χ4n) is 2.30. The molecule has 1 aromatic rings. The lowest BCUT2D eigenvalue weighted by Gasteiger charge is -2.14. The molecule has 0 atom stereocenters. The zero-order chi connectivity index (χ0) is 13.2. The van der Waals surface area contributed by atoms with Crippen molar-refractivity contribution in [1.29, 1.82) is 0 Å². The number of nitrogens with one attached hydrogen (secondary N) is 1. The van der Waals surface area contributed by atoms with Crippen LogP contribution < -0.4 is 5.32 Å². The van der Waals surface area contributed by atoms with Crippen LogP contribution in [0.3, 0.4) is 0 Å². The molecule has 0 radical (unpaired) electrons. The molecule has 0 unspecified atom stereocenters. The number of hydrogen-bond acceptors (Lipinski definition) is 1. The van der Waals surface area contributed by atoms with Crippen molar-refractivity contribution < 1.29 is 13.2 Å². The highest BCUT2D eigenvalue weighted by molar-refractivity contribution is 9.10. The van der Waals surface area contributed by atoms with E-state index in [1.807, 2.05) is 0 Å². The van der Waals surface area contributed by atoms with Gasteiger partial charge in [-0.2, -0.15) is 13.2 Å². The van der Waals surface area contributed by atoms with Crippen molar-refractivity contribution in [3.05, 3.63) is 28.2 Å². The maximum atomic E-state index is 12.5. The number of alkyl halides is 3. The van der Waals surface area contributed by atoms with Crippen LogP contribution in [-0.2, 0) is 6.18 Å². The lowest BCUT2D eigenvalue weighted by atomic mass is 10.1. The van der Waals surface area contributed by atoms with Crippen LogP contribution in [0.1, 0.15) is 31.2 Å². The second-order valence-electron chi connectivity index (χ2n) is 4.72. The Morgan fingerprint density at radius 3 is 2.44 bits per heavy atom. The number of hydrogen-bond donors (Lipinski definition) is 1. The summed E-state index contributed by atoms with van der Waals surface area (Å²) in [6.45, 7) is 0.837. The van der Waals surface area contributed by atoms with Crippen LogP contribution in [0.15, 0.2) is 22.7 Å². The third-order valence-electron chi connectivity index (χ3n) is 3.35. The third-order valence-corrected chi connectivity index (χ3v) is 4.01. The Labute approximate surface area is 113 Å². The predicted molar refractivity (Wildman–Crippen MR) is 69.6 cm³/mol. The van der Waals surface area contributed by atoms with Crippen LogP contribution >= 0.6 is 15.9 Å². The van der Waals surface area contributed by atoms with Crippen LogP contribution in [0, 0.1) is 5.92 Å². The molecule has 0 aliphatic heterocycles. The van der Waals surface area contributed by atoms with Gasteiger partial charge in [-0.15, -0.1) is 0 Å².